The number of nitro benzene ring substituents is 1. The highest BCUT2D eigenvalue weighted by Gasteiger charge is 2.36. The van der Waals surface area contributed by atoms with E-state index in [1.54, 1.807) is 0 Å². The van der Waals surface area contributed by atoms with E-state index in [0.717, 1.165) is 10.4 Å². The standard InChI is InChI=1S/C10H11BrN2O5S/c11-7-1-2-9(13(15)16)10(5-7)19(17,18)12-4-3-8(14)6-12/h1-2,5,8,14H,3-4,6H2/t8-/m0/s1. The molecule has 0 unspecified atom stereocenters. The van der Waals surface area contributed by atoms with Crippen LogP contribution < -0.4 is 0 Å². The molecule has 1 heterocycles. The fourth-order valence-electron chi connectivity index (χ4n) is 1.91. The molecule has 1 aromatic carbocycles. The number of halogens is 1. The molecule has 104 valence electrons. The summed E-state index contributed by atoms with van der Waals surface area (Å²) >= 11 is 3.10. The molecule has 1 fully saturated rings. The summed E-state index contributed by atoms with van der Waals surface area (Å²) in [5.74, 6) is 0. The van der Waals surface area contributed by atoms with Crippen molar-refractivity contribution in [3.8, 4) is 0 Å². The van der Waals surface area contributed by atoms with Crippen LogP contribution in [0.15, 0.2) is 27.6 Å². The van der Waals surface area contributed by atoms with Crippen molar-refractivity contribution in [3.05, 3.63) is 32.8 Å². The summed E-state index contributed by atoms with van der Waals surface area (Å²) in [6.07, 6.45) is -0.387. The molecule has 1 atom stereocenters. The second-order valence-electron chi connectivity index (χ2n) is 4.17. The van der Waals surface area contributed by atoms with E-state index >= 15 is 0 Å². The molecule has 1 aliphatic heterocycles. The lowest BCUT2D eigenvalue weighted by atomic mass is 10.3. The molecule has 1 aliphatic rings. The van der Waals surface area contributed by atoms with Crippen LogP contribution in [-0.4, -0.2) is 41.9 Å². The highest BCUT2D eigenvalue weighted by Crippen LogP contribution is 2.31. The second kappa shape index (κ2) is 5.16. The molecule has 0 bridgehead atoms. The van der Waals surface area contributed by atoms with Crippen LogP contribution in [0.1, 0.15) is 6.42 Å². The van der Waals surface area contributed by atoms with E-state index in [1.165, 1.54) is 12.1 Å². The van der Waals surface area contributed by atoms with Gasteiger partial charge < -0.3 is 5.11 Å². The Labute approximate surface area is 118 Å². The van der Waals surface area contributed by atoms with Gasteiger partial charge in [0.05, 0.1) is 11.0 Å². The van der Waals surface area contributed by atoms with Gasteiger partial charge in [0.25, 0.3) is 5.69 Å². The SMILES string of the molecule is O=[N+]([O-])c1ccc(Br)cc1S(=O)(=O)N1CC[C@H](O)C1. The number of β-amino-alcohol motifs (C(OH)–C–C–N with tert-alkyl or cyclic N) is 1. The number of aliphatic hydroxyl groups is 1. The number of rotatable bonds is 3. The van der Waals surface area contributed by atoms with Crippen molar-refractivity contribution in [2.24, 2.45) is 0 Å². The van der Waals surface area contributed by atoms with E-state index in [1.807, 2.05) is 0 Å². The first-order valence-electron chi connectivity index (χ1n) is 5.44. The zero-order chi connectivity index (χ0) is 14.2. The molecular weight excluding hydrogens is 340 g/mol. The van der Waals surface area contributed by atoms with Crippen molar-refractivity contribution < 1.29 is 18.4 Å². The maximum absolute atomic E-state index is 12.3. The van der Waals surface area contributed by atoms with Gasteiger partial charge >= 0.3 is 0 Å². The molecule has 1 saturated heterocycles. The van der Waals surface area contributed by atoms with E-state index < -0.39 is 26.7 Å². The Morgan fingerprint density at radius 3 is 2.68 bits per heavy atom. The molecule has 19 heavy (non-hydrogen) atoms. The molecule has 1 aromatic rings. The Balaban J connectivity index is 2.51. The number of sulfonamides is 1. The molecule has 0 radical (unpaired) electrons. The van der Waals surface area contributed by atoms with Crippen molar-refractivity contribution in [3.63, 3.8) is 0 Å². The van der Waals surface area contributed by atoms with Gasteiger partial charge in [0, 0.05) is 23.6 Å². The number of aliphatic hydroxyl groups excluding tert-OH is 1. The second-order valence-corrected chi connectivity index (χ2v) is 7.00. The van der Waals surface area contributed by atoms with Crippen LogP contribution in [0.2, 0.25) is 0 Å². The first-order chi connectivity index (χ1) is 8.82. The molecule has 0 aliphatic carbocycles. The predicted octanol–water partition coefficient (Wildman–Crippen LogP) is 1.11. The summed E-state index contributed by atoms with van der Waals surface area (Å²) in [6, 6.07) is 3.76. The average Bonchev–Trinajstić information content (AvgIpc) is 2.76. The van der Waals surface area contributed by atoms with Crippen LogP contribution in [0, 0.1) is 10.1 Å². The minimum Gasteiger partial charge on any atom is -0.392 e. The number of nitro groups is 1. The number of benzene rings is 1. The van der Waals surface area contributed by atoms with Gasteiger partial charge in [0.2, 0.25) is 10.0 Å². The van der Waals surface area contributed by atoms with Crippen LogP contribution in [0.4, 0.5) is 5.69 Å². The van der Waals surface area contributed by atoms with E-state index in [9.17, 15) is 23.6 Å². The first kappa shape index (κ1) is 14.4. The lowest BCUT2D eigenvalue weighted by molar-refractivity contribution is -0.387. The molecular formula is C10H11BrN2O5S. The van der Waals surface area contributed by atoms with E-state index in [-0.39, 0.29) is 18.0 Å². The highest BCUT2D eigenvalue weighted by molar-refractivity contribution is 9.10. The summed E-state index contributed by atoms with van der Waals surface area (Å²) in [4.78, 5) is 9.83. The smallest absolute Gasteiger partial charge is 0.289 e. The number of hydrogen-bond acceptors (Lipinski definition) is 5. The van der Waals surface area contributed by atoms with E-state index in [0.29, 0.717) is 10.9 Å². The topological polar surface area (TPSA) is 101 Å². The Morgan fingerprint density at radius 1 is 1.47 bits per heavy atom. The summed E-state index contributed by atoms with van der Waals surface area (Å²) in [7, 11) is -3.97. The van der Waals surface area contributed by atoms with Gasteiger partial charge in [-0.25, -0.2) is 8.42 Å². The van der Waals surface area contributed by atoms with Crippen molar-refractivity contribution >= 4 is 31.6 Å². The zero-order valence-corrected chi connectivity index (χ0v) is 12.1. The molecule has 0 aromatic heterocycles. The third-order valence-corrected chi connectivity index (χ3v) is 5.25. The van der Waals surface area contributed by atoms with Crippen LogP contribution in [0.3, 0.4) is 0 Å². The summed E-state index contributed by atoms with van der Waals surface area (Å²) in [5.41, 5.74) is -0.468. The fourth-order valence-corrected chi connectivity index (χ4v) is 4.10. The normalized spacial score (nSPS) is 20.6. The summed E-state index contributed by atoms with van der Waals surface area (Å²) < 4.78 is 26.2. The molecule has 0 spiro atoms. The average molecular weight is 351 g/mol. The molecule has 7 nitrogen and oxygen atoms in total. The summed E-state index contributed by atoms with van der Waals surface area (Å²) in [6.45, 7) is 0.124. The number of hydrogen-bond donors (Lipinski definition) is 1. The minimum atomic E-state index is -3.97. The zero-order valence-electron chi connectivity index (χ0n) is 9.69. The third kappa shape index (κ3) is 2.78. The van der Waals surface area contributed by atoms with Crippen molar-refractivity contribution in [2.45, 2.75) is 17.4 Å². The Hall–Kier alpha value is -1.03. The third-order valence-electron chi connectivity index (χ3n) is 2.86. The lowest BCUT2D eigenvalue weighted by Gasteiger charge is -2.15. The molecule has 9 heteroatoms. The molecule has 0 saturated carbocycles. The largest absolute Gasteiger partial charge is 0.392 e. The minimum absolute atomic E-state index is 0.0357. The maximum atomic E-state index is 12.3. The van der Waals surface area contributed by atoms with Gasteiger partial charge in [0.1, 0.15) is 0 Å². The van der Waals surface area contributed by atoms with Crippen LogP contribution >= 0.6 is 15.9 Å². The summed E-state index contributed by atoms with van der Waals surface area (Å²) in [5, 5.41) is 20.3. The lowest BCUT2D eigenvalue weighted by Crippen LogP contribution is -2.30. The van der Waals surface area contributed by atoms with Crippen molar-refractivity contribution in [1.82, 2.24) is 4.31 Å². The first-order valence-corrected chi connectivity index (χ1v) is 7.68. The maximum Gasteiger partial charge on any atom is 0.289 e. The fraction of sp³-hybridized carbons (Fsp3) is 0.400. The Bertz CT molecular complexity index is 618. The quantitative estimate of drug-likeness (QED) is 0.650. The van der Waals surface area contributed by atoms with Gasteiger partial charge in [0.15, 0.2) is 4.90 Å². The van der Waals surface area contributed by atoms with Gasteiger partial charge in [-0.1, -0.05) is 15.9 Å². The van der Waals surface area contributed by atoms with E-state index in [2.05, 4.69) is 15.9 Å². The monoisotopic (exact) mass is 350 g/mol. The van der Waals surface area contributed by atoms with Crippen LogP contribution in [0.25, 0.3) is 0 Å². The van der Waals surface area contributed by atoms with Crippen LogP contribution in [-0.2, 0) is 10.0 Å². The Morgan fingerprint density at radius 2 is 2.16 bits per heavy atom. The van der Waals surface area contributed by atoms with Gasteiger partial charge in [-0.2, -0.15) is 4.31 Å². The van der Waals surface area contributed by atoms with Gasteiger partial charge in [-0.15, -0.1) is 0 Å². The van der Waals surface area contributed by atoms with E-state index in [4.69, 9.17) is 0 Å². The molecule has 2 rings (SSSR count). The highest BCUT2D eigenvalue weighted by atomic mass is 79.9. The van der Waals surface area contributed by atoms with Crippen molar-refractivity contribution in [1.29, 1.82) is 0 Å². The van der Waals surface area contributed by atoms with Crippen LogP contribution in [0.5, 0.6) is 0 Å². The predicted molar refractivity (Wildman–Crippen MR) is 70.2 cm³/mol. The molecule has 1 N–H and O–H groups in total. The van der Waals surface area contributed by atoms with Crippen molar-refractivity contribution in [2.75, 3.05) is 13.1 Å². The van der Waals surface area contributed by atoms with Gasteiger partial charge in [-0.3, -0.25) is 10.1 Å². The Kier molecular flexibility index (Phi) is 3.90. The van der Waals surface area contributed by atoms with Gasteiger partial charge in [-0.05, 0) is 18.6 Å². The molecule has 0 amide bonds. The number of nitrogens with zero attached hydrogens (tertiary/aromatic N) is 2.